The van der Waals surface area contributed by atoms with Crippen LogP contribution in [0.2, 0.25) is 0 Å². The standard InChI is InChI=1S/C18H19N3O3S2/c1-24-14-7-8-16-17(13-14)25-18(19-16)20-9-11-21(12-10-20)26(22,23)15-5-3-2-4-6-15/h2-8,13H,9-12H2,1H3. The first kappa shape index (κ1) is 17.3. The first-order valence-electron chi connectivity index (χ1n) is 8.33. The third-order valence-corrected chi connectivity index (χ3v) is 7.47. The van der Waals surface area contributed by atoms with E-state index in [0.29, 0.717) is 31.1 Å². The molecular weight excluding hydrogens is 370 g/mol. The topological polar surface area (TPSA) is 62.7 Å². The van der Waals surface area contributed by atoms with E-state index in [1.54, 1.807) is 47.0 Å². The van der Waals surface area contributed by atoms with Gasteiger partial charge in [0.1, 0.15) is 5.75 Å². The van der Waals surface area contributed by atoms with Gasteiger partial charge in [0.15, 0.2) is 5.13 Å². The number of fused-ring (bicyclic) bond motifs is 1. The fraction of sp³-hybridized carbons (Fsp3) is 0.278. The summed E-state index contributed by atoms with van der Waals surface area (Å²) in [5.41, 5.74) is 0.935. The van der Waals surface area contributed by atoms with Gasteiger partial charge in [0, 0.05) is 26.2 Å². The summed E-state index contributed by atoms with van der Waals surface area (Å²) in [6, 6.07) is 14.4. The predicted molar refractivity (Wildman–Crippen MR) is 104 cm³/mol. The Morgan fingerprint density at radius 2 is 1.77 bits per heavy atom. The number of piperazine rings is 1. The van der Waals surface area contributed by atoms with Crippen molar-refractivity contribution >= 4 is 36.7 Å². The molecule has 0 saturated carbocycles. The lowest BCUT2D eigenvalue weighted by atomic mass is 10.3. The second-order valence-electron chi connectivity index (χ2n) is 6.03. The van der Waals surface area contributed by atoms with Gasteiger partial charge in [-0.25, -0.2) is 13.4 Å². The Balaban J connectivity index is 1.50. The Morgan fingerprint density at radius 3 is 2.46 bits per heavy atom. The maximum Gasteiger partial charge on any atom is 0.243 e. The number of thiazole rings is 1. The molecule has 26 heavy (non-hydrogen) atoms. The van der Waals surface area contributed by atoms with Gasteiger partial charge in [-0.1, -0.05) is 29.5 Å². The van der Waals surface area contributed by atoms with Crippen LogP contribution in [0.25, 0.3) is 10.2 Å². The van der Waals surface area contributed by atoms with Crippen molar-refractivity contribution in [2.75, 3.05) is 38.2 Å². The van der Waals surface area contributed by atoms with Crippen LogP contribution >= 0.6 is 11.3 Å². The van der Waals surface area contributed by atoms with Gasteiger partial charge < -0.3 is 9.64 Å². The van der Waals surface area contributed by atoms with Gasteiger partial charge in [-0.2, -0.15) is 4.31 Å². The average Bonchev–Trinajstić information content (AvgIpc) is 3.12. The number of rotatable bonds is 4. The summed E-state index contributed by atoms with van der Waals surface area (Å²) in [6.07, 6.45) is 0. The number of anilines is 1. The Labute approximate surface area is 156 Å². The third kappa shape index (κ3) is 3.15. The Morgan fingerprint density at radius 1 is 1.04 bits per heavy atom. The van der Waals surface area contributed by atoms with Crippen molar-refractivity contribution in [2.24, 2.45) is 0 Å². The molecule has 2 heterocycles. The summed E-state index contributed by atoms with van der Waals surface area (Å²) in [5.74, 6) is 0.812. The zero-order chi connectivity index (χ0) is 18.1. The van der Waals surface area contributed by atoms with Crippen LogP contribution in [0, 0.1) is 0 Å². The lowest BCUT2D eigenvalue weighted by molar-refractivity contribution is 0.385. The molecule has 0 spiro atoms. The van der Waals surface area contributed by atoms with Crippen molar-refractivity contribution in [1.29, 1.82) is 0 Å². The fourth-order valence-corrected chi connectivity index (χ4v) is 5.51. The van der Waals surface area contributed by atoms with E-state index in [-0.39, 0.29) is 0 Å². The summed E-state index contributed by atoms with van der Waals surface area (Å²) in [6.45, 7) is 2.17. The Hall–Kier alpha value is -2.16. The summed E-state index contributed by atoms with van der Waals surface area (Å²) in [4.78, 5) is 7.17. The van der Waals surface area contributed by atoms with Gasteiger partial charge in [-0.15, -0.1) is 0 Å². The molecule has 1 aliphatic heterocycles. The van der Waals surface area contributed by atoms with Crippen LogP contribution in [-0.2, 0) is 10.0 Å². The van der Waals surface area contributed by atoms with Crippen LogP contribution in [0.1, 0.15) is 0 Å². The van der Waals surface area contributed by atoms with Gasteiger partial charge >= 0.3 is 0 Å². The monoisotopic (exact) mass is 389 g/mol. The van der Waals surface area contributed by atoms with Crippen molar-refractivity contribution in [3.63, 3.8) is 0 Å². The minimum atomic E-state index is -3.43. The molecule has 6 nitrogen and oxygen atoms in total. The normalized spacial score (nSPS) is 16.1. The van der Waals surface area contributed by atoms with E-state index < -0.39 is 10.0 Å². The minimum absolute atomic E-state index is 0.348. The Bertz CT molecular complexity index is 1010. The molecule has 0 atom stereocenters. The molecular formula is C18H19N3O3S2. The van der Waals surface area contributed by atoms with E-state index in [1.807, 2.05) is 24.3 Å². The maximum atomic E-state index is 12.7. The van der Waals surface area contributed by atoms with Crippen LogP contribution in [0.3, 0.4) is 0 Å². The SMILES string of the molecule is COc1ccc2nc(N3CCN(S(=O)(=O)c4ccccc4)CC3)sc2c1. The fourth-order valence-electron chi connectivity index (χ4n) is 3.02. The molecule has 0 N–H and O–H groups in total. The molecule has 0 unspecified atom stereocenters. The molecule has 8 heteroatoms. The Kier molecular flexibility index (Phi) is 4.56. The number of nitrogens with zero attached hydrogens (tertiary/aromatic N) is 3. The van der Waals surface area contributed by atoms with Gasteiger partial charge in [0.25, 0.3) is 0 Å². The van der Waals surface area contributed by atoms with Crippen molar-refractivity contribution < 1.29 is 13.2 Å². The number of aromatic nitrogens is 1. The highest BCUT2D eigenvalue weighted by atomic mass is 32.2. The van der Waals surface area contributed by atoms with Crippen molar-refractivity contribution in [1.82, 2.24) is 9.29 Å². The largest absolute Gasteiger partial charge is 0.497 e. The van der Waals surface area contributed by atoms with Crippen molar-refractivity contribution in [3.05, 3.63) is 48.5 Å². The first-order chi connectivity index (χ1) is 12.6. The molecule has 0 aliphatic carbocycles. The second-order valence-corrected chi connectivity index (χ2v) is 8.98. The van der Waals surface area contributed by atoms with Crippen LogP contribution in [0.5, 0.6) is 5.75 Å². The number of benzene rings is 2. The lowest BCUT2D eigenvalue weighted by Gasteiger charge is -2.33. The van der Waals surface area contributed by atoms with Gasteiger partial charge in [0.05, 0.1) is 22.2 Å². The summed E-state index contributed by atoms with van der Waals surface area (Å²) >= 11 is 1.61. The van der Waals surface area contributed by atoms with Crippen LogP contribution in [0.15, 0.2) is 53.4 Å². The van der Waals surface area contributed by atoms with Crippen LogP contribution in [-0.4, -0.2) is 51.0 Å². The molecule has 1 aromatic heterocycles. The highest BCUT2D eigenvalue weighted by molar-refractivity contribution is 7.89. The van der Waals surface area contributed by atoms with Crippen molar-refractivity contribution in [2.45, 2.75) is 4.90 Å². The second kappa shape index (κ2) is 6.86. The summed E-state index contributed by atoms with van der Waals surface area (Å²) in [5, 5.41) is 0.921. The third-order valence-electron chi connectivity index (χ3n) is 4.47. The minimum Gasteiger partial charge on any atom is -0.497 e. The number of hydrogen-bond acceptors (Lipinski definition) is 6. The molecule has 136 valence electrons. The number of sulfonamides is 1. The van der Waals surface area contributed by atoms with Gasteiger partial charge in [-0.05, 0) is 30.3 Å². The molecule has 1 fully saturated rings. The molecule has 0 bridgehead atoms. The molecule has 2 aromatic carbocycles. The van der Waals surface area contributed by atoms with E-state index in [1.165, 1.54) is 0 Å². The van der Waals surface area contributed by atoms with Gasteiger partial charge in [-0.3, -0.25) is 0 Å². The number of ether oxygens (including phenoxy) is 1. The van der Waals surface area contributed by atoms with Crippen LogP contribution in [0.4, 0.5) is 5.13 Å². The average molecular weight is 390 g/mol. The van der Waals surface area contributed by atoms with E-state index in [9.17, 15) is 8.42 Å². The van der Waals surface area contributed by atoms with Crippen molar-refractivity contribution in [3.8, 4) is 5.75 Å². The zero-order valence-corrected chi connectivity index (χ0v) is 16.0. The van der Waals surface area contributed by atoms with E-state index in [0.717, 1.165) is 21.1 Å². The first-order valence-corrected chi connectivity index (χ1v) is 10.6. The van der Waals surface area contributed by atoms with E-state index >= 15 is 0 Å². The number of hydrogen-bond donors (Lipinski definition) is 0. The predicted octanol–water partition coefficient (Wildman–Crippen LogP) is 2.82. The quantitative estimate of drug-likeness (QED) is 0.687. The van der Waals surface area contributed by atoms with E-state index in [4.69, 9.17) is 4.74 Å². The maximum absolute atomic E-state index is 12.7. The molecule has 0 amide bonds. The lowest BCUT2D eigenvalue weighted by Crippen LogP contribution is -2.48. The molecule has 1 aliphatic rings. The van der Waals surface area contributed by atoms with E-state index in [2.05, 4.69) is 9.88 Å². The van der Waals surface area contributed by atoms with Crippen LogP contribution < -0.4 is 9.64 Å². The zero-order valence-electron chi connectivity index (χ0n) is 14.3. The van der Waals surface area contributed by atoms with Gasteiger partial charge in [0.2, 0.25) is 10.0 Å². The molecule has 1 saturated heterocycles. The highest BCUT2D eigenvalue weighted by Crippen LogP contribution is 2.32. The summed E-state index contributed by atoms with van der Waals surface area (Å²) in [7, 11) is -1.78. The smallest absolute Gasteiger partial charge is 0.243 e. The summed E-state index contributed by atoms with van der Waals surface area (Å²) < 4.78 is 33.3. The molecule has 0 radical (unpaired) electrons. The molecule has 4 rings (SSSR count). The molecule has 3 aromatic rings. The number of methoxy groups -OCH3 is 1. The highest BCUT2D eigenvalue weighted by Gasteiger charge is 2.29.